The fourth-order valence-corrected chi connectivity index (χ4v) is 4.55. The van der Waals surface area contributed by atoms with Crippen LogP contribution in [-0.4, -0.2) is 30.1 Å². The third-order valence-electron chi connectivity index (χ3n) is 5.84. The van der Waals surface area contributed by atoms with Crippen molar-refractivity contribution in [2.75, 3.05) is 17.7 Å². The van der Waals surface area contributed by atoms with E-state index in [4.69, 9.17) is 4.74 Å². The largest absolute Gasteiger partial charge is 0.497 e. The SMILES string of the molecule is COc1cccc(NC(=O)C(C)Sc2ccc(NC(=O)/C(=C/c3ccc(F)cc3)NC(=O)c3ccccc3)cc2)c1. The lowest BCUT2D eigenvalue weighted by atomic mass is 10.1. The van der Waals surface area contributed by atoms with Gasteiger partial charge in [-0.1, -0.05) is 36.4 Å². The van der Waals surface area contributed by atoms with Crippen molar-refractivity contribution in [3.8, 4) is 5.75 Å². The molecule has 0 aliphatic carbocycles. The molecular weight excluding hydrogens is 541 g/mol. The molecule has 0 heterocycles. The van der Waals surface area contributed by atoms with E-state index in [1.54, 1.807) is 92.9 Å². The number of methoxy groups -OCH3 is 1. The van der Waals surface area contributed by atoms with Gasteiger partial charge in [-0.15, -0.1) is 11.8 Å². The van der Waals surface area contributed by atoms with E-state index in [0.29, 0.717) is 28.3 Å². The second-order valence-electron chi connectivity index (χ2n) is 8.89. The molecule has 0 fully saturated rings. The van der Waals surface area contributed by atoms with Gasteiger partial charge in [0.1, 0.15) is 17.3 Å². The molecule has 1 atom stereocenters. The van der Waals surface area contributed by atoms with E-state index < -0.39 is 17.6 Å². The highest BCUT2D eigenvalue weighted by molar-refractivity contribution is 8.00. The molecule has 3 N–H and O–H groups in total. The summed E-state index contributed by atoms with van der Waals surface area (Å²) in [7, 11) is 1.56. The van der Waals surface area contributed by atoms with Gasteiger partial charge >= 0.3 is 0 Å². The molecule has 4 aromatic carbocycles. The zero-order chi connectivity index (χ0) is 29.2. The fraction of sp³-hybridized carbons (Fsp3) is 0.0938. The molecule has 0 saturated heterocycles. The first-order chi connectivity index (χ1) is 19.8. The van der Waals surface area contributed by atoms with Crippen LogP contribution in [0.25, 0.3) is 6.08 Å². The summed E-state index contributed by atoms with van der Waals surface area (Å²) in [4.78, 5) is 39.5. The Hall–Kier alpha value is -4.89. The predicted octanol–water partition coefficient (Wildman–Crippen LogP) is 6.36. The molecule has 7 nitrogen and oxygen atoms in total. The van der Waals surface area contributed by atoms with E-state index in [1.807, 2.05) is 0 Å². The van der Waals surface area contributed by atoms with E-state index in [1.165, 1.54) is 42.1 Å². The van der Waals surface area contributed by atoms with Crippen LogP contribution in [0.1, 0.15) is 22.8 Å². The maximum Gasteiger partial charge on any atom is 0.272 e. The van der Waals surface area contributed by atoms with Crippen LogP contribution >= 0.6 is 11.8 Å². The highest BCUT2D eigenvalue weighted by atomic mass is 32.2. The molecule has 4 rings (SSSR count). The van der Waals surface area contributed by atoms with Crippen LogP contribution in [0.5, 0.6) is 5.75 Å². The Morgan fingerprint density at radius 1 is 0.829 bits per heavy atom. The van der Waals surface area contributed by atoms with Gasteiger partial charge < -0.3 is 20.7 Å². The number of thioether (sulfide) groups is 1. The fourth-order valence-electron chi connectivity index (χ4n) is 3.69. The summed E-state index contributed by atoms with van der Waals surface area (Å²) < 4.78 is 18.6. The van der Waals surface area contributed by atoms with E-state index >= 15 is 0 Å². The van der Waals surface area contributed by atoms with Crippen molar-refractivity contribution in [2.24, 2.45) is 0 Å². The van der Waals surface area contributed by atoms with Crippen molar-refractivity contribution >= 4 is 46.9 Å². The zero-order valence-electron chi connectivity index (χ0n) is 22.4. The molecule has 0 aliphatic heterocycles. The normalized spacial score (nSPS) is 11.7. The topological polar surface area (TPSA) is 96.5 Å². The molecule has 208 valence electrons. The average Bonchev–Trinajstić information content (AvgIpc) is 2.99. The Balaban J connectivity index is 1.42. The molecule has 9 heteroatoms. The van der Waals surface area contributed by atoms with Crippen LogP contribution in [0.4, 0.5) is 15.8 Å². The molecule has 0 radical (unpaired) electrons. The van der Waals surface area contributed by atoms with Crippen molar-refractivity contribution in [1.29, 1.82) is 0 Å². The summed E-state index contributed by atoms with van der Waals surface area (Å²) in [6, 6.07) is 28.2. The maximum atomic E-state index is 13.4. The molecule has 41 heavy (non-hydrogen) atoms. The monoisotopic (exact) mass is 569 g/mol. The average molecular weight is 570 g/mol. The van der Waals surface area contributed by atoms with Crippen molar-refractivity contribution in [3.63, 3.8) is 0 Å². The summed E-state index contributed by atoms with van der Waals surface area (Å²) in [6.45, 7) is 1.80. The summed E-state index contributed by atoms with van der Waals surface area (Å²) in [5.74, 6) is -0.931. The summed E-state index contributed by atoms with van der Waals surface area (Å²) in [6.07, 6.45) is 1.47. The maximum absolute atomic E-state index is 13.4. The lowest BCUT2D eigenvalue weighted by Crippen LogP contribution is -2.30. The number of benzene rings is 4. The number of amides is 3. The Bertz CT molecular complexity index is 1540. The van der Waals surface area contributed by atoms with E-state index in [9.17, 15) is 18.8 Å². The predicted molar refractivity (Wildman–Crippen MR) is 160 cm³/mol. The van der Waals surface area contributed by atoms with Crippen molar-refractivity contribution in [1.82, 2.24) is 5.32 Å². The molecular formula is C32H28FN3O4S. The van der Waals surface area contributed by atoms with Gasteiger partial charge in [-0.2, -0.15) is 0 Å². The Kier molecular flexibility index (Phi) is 9.90. The minimum absolute atomic E-state index is 0.00764. The van der Waals surface area contributed by atoms with Crippen LogP contribution in [-0.2, 0) is 9.59 Å². The van der Waals surface area contributed by atoms with Gasteiger partial charge in [0, 0.05) is 27.9 Å². The molecule has 1 unspecified atom stereocenters. The van der Waals surface area contributed by atoms with Gasteiger partial charge in [0.15, 0.2) is 0 Å². The minimum atomic E-state index is -0.551. The van der Waals surface area contributed by atoms with Gasteiger partial charge in [-0.05, 0) is 79.2 Å². The Morgan fingerprint density at radius 3 is 2.22 bits per heavy atom. The first kappa shape index (κ1) is 29.1. The van der Waals surface area contributed by atoms with E-state index in [-0.39, 0.29) is 16.9 Å². The van der Waals surface area contributed by atoms with Crippen LogP contribution in [0.3, 0.4) is 0 Å². The lowest BCUT2D eigenvalue weighted by molar-refractivity contribution is -0.115. The highest BCUT2D eigenvalue weighted by Gasteiger charge is 2.17. The Morgan fingerprint density at radius 2 is 1.54 bits per heavy atom. The number of carbonyl (C=O) groups excluding carboxylic acids is 3. The summed E-state index contributed by atoms with van der Waals surface area (Å²) >= 11 is 1.37. The zero-order valence-corrected chi connectivity index (χ0v) is 23.2. The van der Waals surface area contributed by atoms with Gasteiger partial charge in [0.25, 0.3) is 11.8 Å². The molecule has 4 aromatic rings. The van der Waals surface area contributed by atoms with Crippen molar-refractivity contribution in [3.05, 3.63) is 126 Å². The quantitative estimate of drug-likeness (QED) is 0.153. The number of hydrogen-bond donors (Lipinski definition) is 3. The van der Waals surface area contributed by atoms with Gasteiger partial charge in [0.2, 0.25) is 5.91 Å². The molecule has 0 spiro atoms. The first-order valence-corrected chi connectivity index (χ1v) is 13.6. The number of halogens is 1. The van der Waals surface area contributed by atoms with E-state index in [2.05, 4.69) is 16.0 Å². The van der Waals surface area contributed by atoms with Crippen LogP contribution < -0.4 is 20.7 Å². The second kappa shape index (κ2) is 14.0. The summed E-state index contributed by atoms with van der Waals surface area (Å²) in [5.41, 5.74) is 2.05. The Labute approximate surface area is 241 Å². The van der Waals surface area contributed by atoms with Crippen LogP contribution in [0.2, 0.25) is 0 Å². The number of carbonyl (C=O) groups is 3. The van der Waals surface area contributed by atoms with Crippen molar-refractivity contribution < 1.29 is 23.5 Å². The number of nitrogens with one attached hydrogen (secondary N) is 3. The van der Waals surface area contributed by atoms with Gasteiger partial charge in [-0.3, -0.25) is 14.4 Å². The lowest BCUT2D eigenvalue weighted by Gasteiger charge is -2.14. The van der Waals surface area contributed by atoms with Crippen LogP contribution in [0.15, 0.2) is 114 Å². The minimum Gasteiger partial charge on any atom is -0.497 e. The standard InChI is InChI=1S/C32H28FN3O4S/c1-21(30(37)35-26-9-6-10-27(20-26)40-2)41-28-17-15-25(16-18-28)34-32(39)29(19-22-11-13-24(33)14-12-22)36-31(38)23-7-4-3-5-8-23/h3-21H,1-2H3,(H,34,39)(H,35,37)(H,36,38)/b29-19-. The van der Waals surface area contributed by atoms with Gasteiger partial charge in [-0.25, -0.2) is 4.39 Å². The molecule has 0 bridgehead atoms. The smallest absolute Gasteiger partial charge is 0.272 e. The first-order valence-electron chi connectivity index (χ1n) is 12.7. The van der Waals surface area contributed by atoms with Crippen LogP contribution in [0, 0.1) is 5.82 Å². The highest BCUT2D eigenvalue weighted by Crippen LogP contribution is 2.26. The molecule has 3 amide bonds. The second-order valence-corrected chi connectivity index (χ2v) is 10.3. The molecule has 0 saturated carbocycles. The number of hydrogen-bond acceptors (Lipinski definition) is 5. The summed E-state index contributed by atoms with van der Waals surface area (Å²) in [5, 5.41) is 7.92. The molecule has 0 aliphatic rings. The third-order valence-corrected chi connectivity index (χ3v) is 6.95. The number of ether oxygens (including phenoxy) is 1. The van der Waals surface area contributed by atoms with Gasteiger partial charge in [0.05, 0.1) is 12.4 Å². The van der Waals surface area contributed by atoms with E-state index in [0.717, 1.165) is 4.90 Å². The number of rotatable bonds is 10. The third kappa shape index (κ3) is 8.55. The molecule has 0 aromatic heterocycles. The van der Waals surface area contributed by atoms with Crippen molar-refractivity contribution in [2.45, 2.75) is 17.1 Å². The number of anilines is 2.